The zero-order valence-electron chi connectivity index (χ0n) is 13.1. The van der Waals surface area contributed by atoms with Gasteiger partial charge in [-0.05, 0) is 56.2 Å². The van der Waals surface area contributed by atoms with Crippen LogP contribution in [-0.2, 0) is 0 Å². The molecule has 0 rings (SSSR count). The Morgan fingerprint density at radius 1 is 0.944 bits per heavy atom. The second kappa shape index (κ2) is 11.1. The van der Waals surface area contributed by atoms with E-state index in [9.17, 15) is 0 Å². The Hall–Kier alpha value is 0.270. The SMILES string of the molecule is CSCCC(CN)N(CCC(C)C)CCC(C)C. The Balaban J connectivity index is 4.28. The lowest BCUT2D eigenvalue weighted by molar-refractivity contribution is 0.176. The van der Waals surface area contributed by atoms with E-state index >= 15 is 0 Å². The van der Waals surface area contributed by atoms with E-state index in [0.29, 0.717) is 6.04 Å². The molecular weight excluding hydrogens is 240 g/mol. The summed E-state index contributed by atoms with van der Waals surface area (Å²) in [5.41, 5.74) is 5.98. The summed E-state index contributed by atoms with van der Waals surface area (Å²) in [6.45, 7) is 12.4. The Kier molecular flexibility index (Phi) is 11.3. The predicted octanol–water partition coefficient (Wildman–Crippen LogP) is 3.46. The molecule has 0 spiro atoms. The first-order valence-corrected chi connectivity index (χ1v) is 8.83. The highest BCUT2D eigenvalue weighted by Gasteiger charge is 2.17. The minimum Gasteiger partial charge on any atom is -0.329 e. The van der Waals surface area contributed by atoms with Crippen LogP contribution in [0.5, 0.6) is 0 Å². The van der Waals surface area contributed by atoms with E-state index in [1.807, 2.05) is 11.8 Å². The van der Waals surface area contributed by atoms with Gasteiger partial charge in [0.15, 0.2) is 0 Å². The standard InChI is InChI=1S/C15H34N2S/c1-13(2)6-9-17(10-7-14(3)4)15(12-16)8-11-18-5/h13-15H,6-12,16H2,1-5H3. The third kappa shape index (κ3) is 9.23. The summed E-state index contributed by atoms with van der Waals surface area (Å²) < 4.78 is 0. The van der Waals surface area contributed by atoms with E-state index in [2.05, 4.69) is 38.9 Å². The second-order valence-electron chi connectivity index (χ2n) is 6.07. The van der Waals surface area contributed by atoms with Crippen molar-refractivity contribution in [1.82, 2.24) is 4.90 Å². The quantitative estimate of drug-likeness (QED) is 0.625. The Morgan fingerprint density at radius 2 is 1.44 bits per heavy atom. The molecule has 0 amide bonds. The number of nitrogens with zero attached hydrogens (tertiary/aromatic N) is 1. The normalized spacial score (nSPS) is 13.8. The zero-order chi connectivity index (χ0) is 14.0. The van der Waals surface area contributed by atoms with Gasteiger partial charge in [0.05, 0.1) is 0 Å². The molecule has 1 atom stereocenters. The van der Waals surface area contributed by atoms with Crippen LogP contribution in [-0.4, -0.2) is 42.6 Å². The zero-order valence-corrected chi connectivity index (χ0v) is 13.9. The first-order chi connectivity index (χ1) is 8.51. The fourth-order valence-corrected chi connectivity index (χ4v) is 2.54. The maximum absolute atomic E-state index is 5.98. The summed E-state index contributed by atoms with van der Waals surface area (Å²) in [6, 6.07) is 0.579. The van der Waals surface area contributed by atoms with Crippen LogP contribution in [0.25, 0.3) is 0 Å². The van der Waals surface area contributed by atoms with Crippen molar-refractivity contribution in [3.63, 3.8) is 0 Å². The first kappa shape index (κ1) is 18.3. The lowest BCUT2D eigenvalue weighted by atomic mass is 10.1. The molecule has 0 fully saturated rings. The summed E-state index contributed by atoms with van der Waals surface area (Å²) in [5, 5.41) is 0. The molecule has 0 saturated carbocycles. The second-order valence-corrected chi connectivity index (χ2v) is 7.06. The van der Waals surface area contributed by atoms with E-state index in [0.717, 1.165) is 18.4 Å². The molecule has 0 radical (unpaired) electrons. The number of rotatable bonds is 11. The Bertz CT molecular complexity index is 171. The molecule has 0 aromatic carbocycles. The van der Waals surface area contributed by atoms with Gasteiger partial charge in [-0.25, -0.2) is 0 Å². The van der Waals surface area contributed by atoms with Gasteiger partial charge in [0, 0.05) is 12.6 Å². The van der Waals surface area contributed by atoms with E-state index in [-0.39, 0.29) is 0 Å². The average Bonchev–Trinajstić information content (AvgIpc) is 2.31. The van der Waals surface area contributed by atoms with Gasteiger partial charge in [0.1, 0.15) is 0 Å². The van der Waals surface area contributed by atoms with E-state index in [1.165, 1.54) is 38.1 Å². The Morgan fingerprint density at radius 3 is 1.78 bits per heavy atom. The molecule has 0 aromatic heterocycles. The van der Waals surface area contributed by atoms with E-state index in [1.54, 1.807) is 0 Å². The van der Waals surface area contributed by atoms with Crippen LogP contribution < -0.4 is 5.73 Å². The topological polar surface area (TPSA) is 29.3 Å². The van der Waals surface area contributed by atoms with Gasteiger partial charge in [-0.1, -0.05) is 27.7 Å². The van der Waals surface area contributed by atoms with Crippen molar-refractivity contribution < 1.29 is 0 Å². The summed E-state index contributed by atoms with van der Waals surface area (Å²) in [6.07, 6.45) is 5.98. The highest BCUT2D eigenvalue weighted by atomic mass is 32.2. The predicted molar refractivity (Wildman–Crippen MR) is 86.3 cm³/mol. The number of hydrogen-bond donors (Lipinski definition) is 1. The van der Waals surface area contributed by atoms with Crippen molar-refractivity contribution in [3.05, 3.63) is 0 Å². The first-order valence-electron chi connectivity index (χ1n) is 7.44. The molecular formula is C15H34N2S. The largest absolute Gasteiger partial charge is 0.329 e. The monoisotopic (exact) mass is 274 g/mol. The summed E-state index contributed by atoms with van der Waals surface area (Å²) in [7, 11) is 0. The molecule has 0 aliphatic carbocycles. The molecule has 2 nitrogen and oxygen atoms in total. The van der Waals surface area contributed by atoms with E-state index in [4.69, 9.17) is 5.73 Å². The molecule has 2 N–H and O–H groups in total. The minimum absolute atomic E-state index is 0.579. The maximum Gasteiger partial charge on any atom is 0.0226 e. The minimum atomic E-state index is 0.579. The van der Waals surface area contributed by atoms with Crippen molar-refractivity contribution in [2.75, 3.05) is 31.6 Å². The van der Waals surface area contributed by atoms with Gasteiger partial charge in [0.2, 0.25) is 0 Å². The van der Waals surface area contributed by atoms with Crippen molar-refractivity contribution in [2.24, 2.45) is 17.6 Å². The van der Waals surface area contributed by atoms with Crippen LogP contribution in [0, 0.1) is 11.8 Å². The fourth-order valence-electron chi connectivity index (χ4n) is 2.03. The van der Waals surface area contributed by atoms with Gasteiger partial charge in [-0.15, -0.1) is 0 Å². The molecule has 3 heteroatoms. The molecule has 0 saturated heterocycles. The number of nitrogens with two attached hydrogens (primary N) is 1. The van der Waals surface area contributed by atoms with Crippen LogP contribution >= 0.6 is 11.8 Å². The molecule has 0 heterocycles. The summed E-state index contributed by atoms with van der Waals surface area (Å²) >= 11 is 1.93. The summed E-state index contributed by atoms with van der Waals surface area (Å²) in [4.78, 5) is 2.64. The third-order valence-corrected chi connectivity index (χ3v) is 4.07. The van der Waals surface area contributed by atoms with Crippen LogP contribution in [0.2, 0.25) is 0 Å². The average molecular weight is 275 g/mol. The van der Waals surface area contributed by atoms with Crippen LogP contribution in [0.1, 0.15) is 47.0 Å². The number of hydrogen-bond acceptors (Lipinski definition) is 3. The molecule has 110 valence electrons. The lowest BCUT2D eigenvalue weighted by Crippen LogP contribution is -2.42. The lowest BCUT2D eigenvalue weighted by Gasteiger charge is -2.32. The van der Waals surface area contributed by atoms with Gasteiger partial charge in [0.25, 0.3) is 0 Å². The number of thioether (sulfide) groups is 1. The van der Waals surface area contributed by atoms with Gasteiger partial charge in [-0.3, -0.25) is 4.90 Å². The van der Waals surface area contributed by atoms with Gasteiger partial charge >= 0.3 is 0 Å². The van der Waals surface area contributed by atoms with Crippen molar-refractivity contribution in [2.45, 2.75) is 53.0 Å². The maximum atomic E-state index is 5.98. The molecule has 0 aromatic rings. The third-order valence-electron chi connectivity index (χ3n) is 3.43. The molecule has 18 heavy (non-hydrogen) atoms. The van der Waals surface area contributed by atoms with Crippen LogP contribution in [0.4, 0.5) is 0 Å². The molecule has 1 unspecified atom stereocenters. The molecule has 0 bridgehead atoms. The molecule has 0 aliphatic rings. The van der Waals surface area contributed by atoms with Crippen LogP contribution in [0.15, 0.2) is 0 Å². The Labute approximate surface area is 119 Å². The van der Waals surface area contributed by atoms with E-state index < -0.39 is 0 Å². The smallest absolute Gasteiger partial charge is 0.0226 e. The van der Waals surface area contributed by atoms with Gasteiger partial charge in [-0.2, -0.15) is 11.8 Å². The van der Waals surface area contributed by atoms with Crippen molar-refractivity contribution in [1.29, 1.82) is 0 Å². The fraction of sp³-hybridized carbons (Fsp3) is 1.00. The van der Waals surface area contributed by atoms with Crippen molar-refractivity contribution in [3.8, 4) is 0 Å². The highest BCUT2D eigenvalue weighted by Crippen LogP contribution is 2.13. The van der Waals surface area contributed by atoms with Crippen LogP contribution in [0.3, 0.4) is 0 Å². The molecule has 0 aliphatic heterocycles. The van der Waals surface area contributed by atoms with Crippen molar-refractivity contribution >= 4 is 11.8 Å². The highest BCUT2D eigenvalue weighted by molar-refractivity contribution is 7.98. The van der Waals surface area contributed by atoms with Gasteiger partial charge < -0.3 is 5.73 Å². The summed E-state index contributed by atoms with van der Waals surface area (Å²) in [5.74, 6) is 2.79.